The van der Waals surface area contributed by atoms with Gasteiger partial charge in [0, 0.05) is 18.7 Å². The van der Waals surface area contributed by atoms with Crippen LogP contribution in [-0.2, 0) is 15.7 Å². The predicted molar refractivity (Wildman–Crippen MR) is 126 cm³/mol. The van der Waals surface area contributed by atoms with Gasteiger partial charge in [-0.2, -0.15) is 18.3 Å². The average molecular weight is 516 g/mol. The van der Waals surface area contributed by atoms with Gasteiger partial charge in [-0.25, -0.2) is 24.6 Å². The van der Waals surface area contributed by atoms with Gasteiger partial charge in [0.2, 0.25) is 11.9 Å². The first kappa shape index (κ1) is 25.5. The number of hydrazone groups is 1. The Kier molecular flexibility index (Phi) is 7.32. The van der Waals surface area contributed by atoms with Crippen molar-refractivity contribution in [2.75, 3.05) is 23.4 Å². The Bertz CT molecular complexity index is 1330. The molecule has 0 radical (unpaired) electrons. The lowest BCUT2D eigenvalue weighted by atomic mass is 10.0. The predicted octanol–water partition coefficient (Wildman–Crippen LogP) is 4.21. The average Bonchev–Trinajstić information content (AvgIpc) is 3.23. The lowest BCUT2D eigenvalue weighted by Crippen LogP contribution is -2.33. The van der Waals surface area contributed by atoms with Gasteiger partial charge < -0.3 is 10.1 Å². The Labute approximate surface area is 208 Å². The van der Waals surface area contributed by atoms with Crippen molar-refractivity contribution < 1.29 is 31.9 Å². The van der Waals surface area contributed by atoms with E-state index in [-0.39, 0.29) is 24.9 Å². The van der Waals surface area contributed by atoms with Gasteiger partial charge in [-0.1, -0.05) is 24.3 Å². The van der Waals surface area contributed by atoms with Gasteiger partial charge in [-0.15, -0.1) is 0 Å². The Morgan fingerprint density at radius 2 is 1.97 bits per heavy atom. The molecular formula is C24H20F4N6O3. The monoisotopic (exact) mass is 516 g/mol. The van der Waals surface area contributed by atoms with Crippen LogP contribution in [0.15, 0.2) is 59.8 Å². The lowest BCUT2D eigenvalue weighted by Gasteiger charge is -2.14. The molecule has 2 N–H and O–H groups in total. The minimum Gasteiger partial charge on any atom is -0.442 e. The molecule has 1 fully saturated rings. The van der Waals surface area contributed by atoms with Crippen molar-refractivity contribution in [2.45, 2.75) is 19.2 Å². The van der Waals surface area contributed by atoms with Gasteiger partial charge in [-0.05, 0) is 35.4 Å². The maximum atomic E-state index is 14.9. The van der Waals surface area contributed by atoms with Crippen LogP contribution in [0.4, 0.5) is 34.0 Å². The summed E-state index contributed by atoms with van der Waals surface area (Å²) in [5, 5.41) is 6.41. The summed E-state index contributed by atoms with van der Waals surface area (Å²) in [5.41, 5.74) is 3.01. The number of nitrogens with zero attached hydrogens (tertiary/aromatic N) is 4. The Morgan fingerprint density at radius 3 is 2.65 bits per heavy atom. The molecule has 0 aliphatic carbocycles. The number of alkyl halides is 3. The van der Waals surface area contributed by atoms with Gasteiger partial charge in [0.25, 0.3) is 0 Å². The number of benzene rings is 2. The molecule has 9 nitrogen and oxygen atoms in total. The van der Waals surface area contributed by atoms with Crippen molar-refractivity contribution in [3.63, 3.8) is 0 Å². The fraction of sp³-hybridized carbons (Fsp3) is 0.208. The third kappa shape index (κ3) is 6.37. The molecular weight excluding hydrogens is 496 g/mol. The van der Waals surface area contributed by atoms with Crippen LogP contribution in [0, 0.1) is 5.82 Å². The molecule has 2 heterocycles. The number of rotatable bonds is 7. The van der Waals surface area contributed by atoms with Gasteiger partial charge in [0.1, 0.15) is 17.6 Å². The highest BCUT2D eigenvalue weighted by Crippen LogP contribution is 2.29. The number of cyclic esters (lactones) is 1. The van der Waals surface area contributed by atoms with Crippen molar-refractivity contribution in [1.29, 1.82) is 0 Å². The minimum atomic E-state index is -4.60. The summed E-state index contributed by atoms with van der Waals surface area (Å²) in [6.45, 7) is 1.69. The molecule has 37 heavy (non-hydrogen) atoms. The second-order valence-corrected chi connectivity index (χ2v) is 7.97. The van der Waals surface area contributed by atoms with E-state index in [0.717, 1.165) is 12.3 Å². The number of hydrogen-bond acceptors (Lipinski definition) is 7. The van der Waals surface area contributed by atoms with Crippen molar-refractivity contribution in [3.8, 4) is 11.1 Å². The van der Waals surface area contributed by atoms with E-state index < -0.39 is 29.9 Å². The molecule has 1 aromatic heterocycles. The largest absolute Gasteiger partial charge is 0.442 e. The molecule has 0 bridgehead atoms. The molecule has 192 valence electrons. The van der Waals surface area contributed by atoms with Crippen LogP contribution in [0.1, 0.15) is 18.2 Å². The van der Waals surface area contributed by atoms with Crippen molar-refractivity contribution in [2.24, 2.45) is 5.10 Å². The molecule has 0 spiro atoms. The first-order valence-corrected chi connectivity index (χ1v) is 10.9. The lowest BCUT2D eigenvalue weighted by molar-refractivity contribution is -0.141. The Balaban J connectivity index is 1.40. The molecule has 1 aliphatic heterocycles. The van der Waals surface area contributed by atoms with E-state index in [0.29, 0.717) is 22.4 Å². The number of carbonyl (C=O) groups is 2. The molecule has 1 aliphatic rings. The molecule has 3 aromatic rings. The van der Waals surface area contributed by atoms with Crippen LogP contribution in [0.5, 0.6) is 0 Å². The van der Waals surface area contributed by atoms with Gasteiger partial charge in [-0.3, -0.25) is 9.69 Å². The molecule has 2 aromatic carbocycles. The number of hydrogen-bond donors (Lipinski definition) is 2. The zero-order valence-corrected chi connectivity index (χ0v) is 19.3. The smallest absolute Gasteiger partial charge is 0.433 e. The van der Waals surface area contributed by atoms with E-state index in [4.69, 9.17) is 4.74 Å². The van der Waals surface area contributed by atoms with E-state index in [9.17, 15) is 27.2 Å². The van der Waals surface area contributed by atoms with Crippen molar-refractivity contribution >= 4 is 29.9 Å². The summed E-state index contributed by atoms with van der Waals surface area (Å²) in [6, 6.07) is 11.7. The van der Waals surface area contributed by atoms with Gasteiger partial charge in [0.05, 0.1) is 25.0 Å². The number of aromatic nitrogens is 2. The van der Waals surface area contributed by atoms with E-state index >= 15 is 0 Å². The maximum Gasteiger partial charge on any atom is 0.433 e. The highest BCUT2D eigenvalue weighted by Gasteiger charge is 2.33. The quantitative estimate of drug-likeness (QED) is 0.277. The number of carbonyl (C=O) groups excluding carboxylic acids is 2. The normalized spacial score (nSPS) is 15.6. The number of nitrogens with one attached hydrogen (secondary N) is 2. The van der Waals surface area contributed by atoms with E-state index in [1.54, 1.807) is 30.3 Å². The van der Waals surface area contributed by atoms with Gasteiger partial charge in [0.15, 0.2) is 0 Å². The number of anilines is 2. The molecule has 13 heteroatoms. The standard InChI is InChI=1S/C24H20F4N6O3/c1-14(35)30-12-18-13-34(23(36)37-18)17-6-7-19(20(25)10-17)16-4-2-15(3-5-16)11-31-33-22-29-9-8-21(32-22)24(26,27)28/h2-11,18H,12-13H2,1H3,(H,30,35)(H,29,32,33)/b31-11+. The van der Waals surface area contributed by atoms with Crippen LogP contribution >= 0.6 is 0 Å². The summed E-state index contributed by atoms with van der Waals surface area (Å²) in [5.74, 6) is -1.11. The summed E-state index contributed by atoms with van der Waals surface area (Å²) in [4.78, 5) is 31.5. The fourth-order valence-corrected chi connectivity index (χ4v) is 3.49. The maximum absolute atomic E-state index is 14.9. The summed E-state index contributed by atoms with van der Waals surface area (Å²) in [6.07, 6.45) is -3.44. The first-order chi connectivity index (χ1) is 17.6. The molecule has 1 atom stereocenters. The number of ether oxygens (including phenoxy) is 1. The topological polar surface area (TPSA) is 109 Å². The van der Waals surface area contributed by atoms with Crippen LogP contribution in [0.2, 0.25) is 0 Å². The van der Waals surface area contributed by atoms with Crippen molar-refractivity contribution in [1.82, 2.24) is 15.3 Å². The zero-order valence-electron chi connectivity index (χ0n) is 19.3. The SMILES string of the molecule is CC(=O)NCC1CN(c2ccc(-c3ccc(/C=N/Nc4nccc(C(F)(F)F)n4)cc3)c(F)c2)C(=O)O1. The number of amides is 2. The summed E-state index contributed by atoms with van der Waals surface area (Å²) >= 11 is 0. The zero-order chi connectivity index (χ0) is 26.6. The number of halogens is 4. The summed E-state index contributed by atoms with van der Waals surface area (Å²) < 4.78 is 58.3. The van der Waals surface area contributed by atoms with E-state index in [2.05, 4.69) is 25.8 Å². The van der Waals surface area contributed by atoms with Gasteiger partial charge >= 0.3 is 12.3 Å². The molecule has 0 saturated carbocycles. The second kappa shape index (κ2) is 10.6. The van der Waals surface area contributed by atoms with Crippen LogP contribution < -0.4 is 15.6 Å². The Hall–Kier alpha value is -4.55. The minimum absolute atomic E-state index is 0.163. The molecule has 2 amide bonds. The molecule has 1 unspecified atom stereocenters. The van der Waals surface area contributed by atoms with Crippen LogP contribution in [0.25, 0.3) is 11.1 Å². The summed E-state index contributed by atoms with van der Waals surface area (Å²) in [7, 11) is 0. The molecule has 1 saturated heterocycles. The highest BCUT2D eigenvalue weighted by molar-refractivity contribution is 5.90. The third-order valence-electron chi connectivity index (χ3n) is 5.26. The van der Waals surface area contributed by atoms with Crippen molar-refractivity contribution in [3.05, 3.63) is 71.8 Å². The second-order valence-electron chi connectivity index (χ2n) is 7.97. The highest BCUT2D eigenvalue weighted by atomic mass is 19.4. The van der Waals surface area contributed by atoms with Crippen LogP contribution in [0.3, 0.4) is 0 Å². The van der Waals surface area contributed by atoms with E-state index in [1.165, 1.54) is 30.2 Å². The van der Waals surface area contributed by atoms with Crippen LogP contribution in [-0.4, -0.2) is 47.4 Å². The first-order valence-electron chi connectivity index (χ1n) is 10.9. The Morgan fingerprint density at radius 1 is 1.22 bits per heavy atom. The third-order valence-corrected chi connectivity index (χ3v) is 5.26. The fourth-order valence-electron chi connectivity index (χ4n) is 3.49. The van der Waals surface area contributed by atoms with E-state index in [1.807, 2.05) is 0 Å². The molecule has 4 rings (SSSR count).